The number of oxazole rings is 1. The van der Waals surface area contributed by atoms with Gasteiger partial charge in [0, 0.05) is 28.0 Å². The number of amides is 1. The Morgan fingerprint density at radius 1 is 0.968 bits per heavy atom. The standard InChI is InChI=1S/C24H16ClN3O3/c1-14-4-5-16(13-18(14)25)19-10-11-21(30-19)23(29)27-17-8-6-15(7-9-17)24-28-22-20(31-24)3-2-12-26-22/h2-13H,1H3,(H,27,29). The Morgan fingerprint density at radius 3 is 2.55 bits per heavy atom. The van der Waals surface area contributed by atoms with Crippen LogP contribution >= 0.6 is 11.6 Å². The van der Waals surface area contributed by atoms with Gasteiger partial charge in [0.05, 0.1) is 0 Å². The molecule has 0 spiro atoms. The van der Waals surface area contributed by atoms with Crippen LogP contribution < -0.4 is 5.32 Å². The second-order valence-corrected chi connectivity index (χ2v) is 7.41. The van der Waals surface area contributed by atoms with E-state index in [0.29, 0.717) is 33.6 Å². The van der Waals surface area contributed by atoms with Crippen molar-refractivity contribution < 1.29 is 13.6 Å². The molecular formula is C24H16ClN3O3. The number of aryl methyl sites for hydroxylation is 1. The first-order valence-electron chi connectivity index (χ1n) is 9.56. The molecule has 31 heavy (non-hydrogen) atoms. The molecule has 152 valence electrons. The van der Waals surface area contributed by atoms with Crippen molar-refractivity contribution in [3.8, 4) is 22.8 Å². The fraction of sp³-hybridized carbons (Fsp3) is 0.0417. The first-order chi connectivity index (χ1) is 15.1. The molecule has 5 aromatic rings. The summed E-state index contributed by atoms with van der Waals surface area (Å²) < 4.78 is 11.4. The lowest BCUT2D eigenvalue weighted by Crippen LogP contribution is -2.10. The summed E-state index contributed by atoms with van der Waals surface area (Å²) in [5.41, 5.74) is 4.38. The van der Waals surface area contributed by atoms with E-state index < -0.39 is 0 Å². The van der Waals surface area contributed by atoms with Crippen molar-refractivity contribution in [1.29, 1.82) is 0 Å². The quantitative estimate of drug-likeness (QED) is 0.359. The summed E-state index contributed by atoms with van der Waals surface area (Å²) in [7, 11) is 0. The van der Waals surface area contributed by atoms with E-state index in [9.17, 15) is 4.79 Å². The van der Waals surface area contributed by atoms with E-state index in [1.807, 2.05) is 43.3 Å². The molecular weight excluding hydrogens is 414 g/mol. The van der Waals surface area contributed by atoms with Crippen molar-refractivity contribution >= 4 is 34.4 Å². The molecule has 7 heteroatoms. The number of benzene rings is 2. The highest BCUT2D eigenvalue weighted by Gasteiger charge is 2.14. The van der Waals surface area contributed by atoms with Gasteiger partial charge in [-0.15, -0.1) is 0 Å². The van der Waals surface area contributed by atoms with E-state index in [0.717, 1.165) is 16.7 Å². The van der Waals surface area contributed by atoms with Crippen molar-refractivity contribution in [2.24, 2.45) is 0 Å². The summed E-state index contributed by atoms with van der Waals surface area (Å²) in [4.78, 5) is 21.1. The maximum Gasteiger partial charge on any atom is 0.291 e. The molecule has 6 nitrogen and oxygen atoms in total. The first kappa shape index (κ1) is 19.1. The molecule has 0 aliphatic carbocycles. The second-order valence-electron chi connectivity index (χ2n) is 7.00. The summed E-state index contributed by atoms with van der Waals surface area (Å²) in [6.07, 6.45) is 1.67. The predicted molar refractivity (Wildman–Crippen MR) is 119 cm³/mol. The molecule has 2 aromatic carbocycles. The number of carbonyl (C=O) groups is 1. The molecule has 1 amide bonds. The Kier molecular flexibility index (Phi) is 4.76. The zero-order chi connectivity index (χ0) is 21.4. The second kappa shape index (κ2) is 7.74. The van der Waals surface area contributed by atoms with Crippen molar-refractivity contribution in [3.63, 3.8) is 0 Å². The maximum atomic E-state index is 12.6. The summed E-state index contributed by atoms with van der Waals surface area (Å²) >= 11 is 6.18. The van der Waals surface area contributed by atoms with Crippen LogP contribution in [0.15, 0.2) is 81.8 Å². The Bertz CT molecular complexity index is 1370. The number of fused-ring (bicyclic) bond motifs is 1. The fourth-order valence-corrected chi connectivity index (χ4v) is 3.32. The van der Waals surface area contributed by atoms with Gasteiger partial charge in [-0.1, -0.05) is 23.7 Å². The monoisotopic (exact) mass is 429 g/mol. The van der Waals surface area contributed by atoms with Crippen LogP contribution in [0, 0.1) is 6.92 Å². The minimum Gasteiger partial charge on any atom is -0.451 e. The Morgan fingerprint density at radius 2 is 1.77 bits per heavy atom. The largest absolute Gasteiger partial charge is 0.451 e. The molecule has 0 aliphatic heterocycles. The van der Waals surface area contributed by atoms with E-state index in [1.54, 1.807) is 36.5 Å². The fourth-order valence-electron chi connectivity index (χ4n) is 3.14. The predicted octanol–water partition coefficient (Wildman–Crippen LogP) is 6.36. The summed E-state index contributed by atoms with van der Waals surface area (Å²) in [5.74, 6) is 0.912. The smallest absolute Gasteiger partial charge is 0.291 e. The number of hydrogen-bond donors (Lipinski definition) is 1. The Hall–Kier alpha value is -3.90. The first-order valence-corrected chi connectivity index (χ1v) is 9.94. The van der Waals surface area contributed by atoms with Crippen LogP contribution in [-0.4, -0.2) is 15.9 Å². The lowest BCUT2D eigenvalue weighted by atomic mass is 10.1. The van der Waals surface area contributed by atoms with Crippen molar-refractivity contribution in [2.75, 3.05) is 5.32 Å². The lowest BCUT2D eigenvalue weighted by molar-refractivity contribution is 0.0997. The molecule has 1 N–H and O–H groups in total. The van der Waals surface area contributed by atoms with E-state index >= 15 is 0 Å². The average molecular weight is 430 g/mol. The number of anilines is 1. The molecule has 0 fully saturated rings. The molecule has 0 atom stereocenters. The van der Waals surface area contributed by atoms with Crippen LogP contribution in [0.4, 0.5) is 5.69 Å². The maximum absolute atomic E-state index is 12.6. The number of furan rings is 1. The molecule has 0 saturated heterocycles. The highest BCUT2D eigenvalue weighted by molar-refractivity contribution is 6.31. The van der Waals surface area contributed by atoms with Gasteiger partial charge in [0.25, 0.3) is 5.91 Å². The van der Waals surface area contributed by atoms with Gasteiger partial charge in [-0.3, -0.25) is 4.79 Å². The molecule has 3 aromatic heterocycles. The zero-order valence-corrected chi connectivity index (χ0v) is 17.2. The number of halogens is 1. The Balaban J connectivity index is 1.31. The number of nitrogens with one attached hydrogen (secondary N) is 1. The van der Waals surface area contributed by atoms with Gasteiger partial charge in [-0.2, -0.15) is 4.98 Å². The van der Waals surface area contributed by atoms with E-state index in [4.69, 9.17) is 20.4 Å². The number of aromatic nitrogens is 2. The van der Waals surface area contributed by atoms with Crippen LogP contribution in [0.2, 0.25) is 5.02 Å². The molecule has 0 aliphatic rings. The van der Waals surface area contributed by atoms with Gasteiger partial charge in [0.1, 0.15) is 5.76 Å². The molecule has 0 saturated carbocycles. The average Bonchev–Trinajstić information content (AvgIpc) is 3.44. The van der Waals surface area contributed by atoms with Gasteiger partial charge in [0.15, 0.2) is 17.0 Å². The van der Waals surface area contributed by atoms with Crippen LogP contribution in [-0.2, 0) is 0 Å². The third-order valence-corrected chi connectivity index (χ3v) is 5.25. The van der Waals surface area contributed by atoms with Gasteiger partial charge in [-0.25, -0.2) is 4.98 Å². The highest BCUT2D eigenvalue weighted by atomic mass is 35.5. The number of carbonyl (C=O) groups excluding carboxylic acids is 1. The topological polar surface area (TPSA) is 81.2 Å². The van der Waals surface area contributed by atoms with E-state index in [1.165, 1.54) is 0 Å². The van der Waals surface area contributed by atoms with E-state index in [2.05, 4.69) is 15.3 Å². The van der Waals surface area contributed by atoms with Gasteiger partial charge >= 0.3 is 0 Å². The van der Waals surface area contributed by atoms with Gasteiger partial charge < -0.3 is 14.2 Å². The molecule has 0 unspecified atom stereocenters. The Labute approximate surface area is 182 Å². The van der Waals surface area contributed by atoms with Crippen molar-refractivity contribution in [3.05, 3.63) is 89.3 Å². The highest BCUT2D eigenvalue weighted by Crippen LogP contribution is 2.28. The van der Waals surface area contributed by atoms with Gasteiger partial charge in [-0.05, 0) is 67.1 Å². The molecule has 0 radical (unpaired) electrons. The zero-order valence-electron chi connectivity index (χ0n) is 16.4. The molecule has 3 heterocycles. The third-order valence-electron chi connectivity index (χ3n) is 4.84. The number of nitrogens with zero attached hydrogens (tertiary/aromatic N) is 2. The van der Waals surface area contributed by atoms with Crippen molar-refractivity contribution in [1.82, 2.24) is 9.97 Å². The number of hydrogen-bond acceptors (Lipinski definition) is 5. The minimum absolute atomic E-state index is 0.209. The van der Waals surface area contributed by atoms with Crippen LogP contribution in [0.25, 0.3) is 34.0 Å². The molecule has 5 rings (SSSR count). The lowest BCUT2D eigenvalue weighted by Gasteiger charge is -2.04. The normalized spacial score (nSPS) is 11.0. The molecule has 0 bridgehead atoms. The SMILES string of the molecule is Cc1ccc(-c2ccc(C(=O)Nc3ccc(-c4nc5ncccc5o4)cc3)o2)cc1Cl. The minimum atomic E-state index is -0.344. The summed E-state index contributed by atoms with van der Waals surface area (Å²) in [5, 5.41) is 3.47. The van der Waals surface area contributed by atoms with Crippen LogP contribution in [0.5, 0.6) is 0 Å². The van der Waals surface area contributed by atoms with Crippen LogP contribution in [0.1, 0.15) is 16.1 Å². The van der Waals surface area contributed by atoms with Crippen molar-refractivity contribution in [2.45, 2.75) is 6.92 Å². The van der Waals surface area contributed by atoms with Crippen LogP contribution in [0.3, 0.4) is 0 Å². The number of rotatable bonds is 4. The van der Waals surface area contributed by atoms with E-state index in [-0.39, 0.29) is 11.7 Å². The summed E-state index contributed by atoms with van der Waals surface area (Å²) in [6, 6.07) is 19.8. The summed E-state index contributed by atoms with van der Waals surface area (Å²) in [6.45, 7) is 1.93. The van der Waals surface area contributed by atoms with Gasteiger partial charge in [0.2, 0.25) is 5.89 Å². The number of pyridine rings is 1. The third kappa shape index (κ3) is 3.81.